The van der Waals surface area contributed by atoms with Gasteiger partial charge in [-0.3, -0.25) is 14.3 Å². The van der Waals surface area contributed by atoms with E-state index < -0.39 is 0 Å². The van der Waals surface area contributed by atoms with Crippen LogP contribution in [0.25, 0.3) is 22.6 Å². The van der Waals surface area contributed by atoms with E-state index in [4.69, 9.17) is 5.10 Å². The fraction of sp³-hybridized carbons (Fsp3) is 0.167. The third kappa shape index (κ3) is 4.40. The van der Waals surface area contributed by atoms with Crippen LogP contribution in [0.1, 0.15) is 34.1 Å². The van der Waals surface area contributed by atoms with Gasteiger partial charge in [0.25, 0.3) is 11.5 Å². The van der Waals surface area contributed by atoms with Crippen LogP contribution in [0.4, 0.5) is 5.69 Å². The number of carbonyl (C=O) groups is 1. The van der Waals surface area contributed by atoms with E-state index in [1.54, 1.807) is 27.3 Å². The molecule has 1 amide bonds. The number of amides is 1. The number of benzene rings is 3. The minimum absolute atomic E-state index is 0.243. The van der Waals surface area contributed by atoms with E-state index >= 15 is 0 Å². The van der Waals surface area contributed by atoms with Crippen molar-refractivity contribution in [1.82, 2.24) is 19.1 Å². The highest BCUT2D eigenvalue weighted by Gasteiger charge is 2.23. The quantitative estimate of drug-likeness (QED) is 0.343. The Morgan fingerprint density at radius 2 is 1.59 bits per heavy atom. The monoisotopic (exact) mass is 491 g/mol. The molecule has 0 atom stereocenters. The second kappa shape index (κ2) is 9.78. The number of hydrogen-bond acceptors (Lipinski definition) is 3. The van der Waals surface area contributed by atoms with Crippen LogP contribution in [0.15, 0.2) is 89.9 Å². The van der Waals surface area contributed by atoms with Gasteiger partial charge in [-0.1, -0.05) is 67.6 Å². The Labute approximate surface area is 215 Å². The fourth-order valence-corrected chi connectivity index (χ4v) is 4.49. The summed E-state index contributed by atoms with van der Waals surface area (Å²) in [5.74, 6) is -0.389. The number of rotatable bonds is 6. The zero-order valence-corrected chi connectivity index (χ0v) is 21.4. The van der Waals surface area contributed by atoms with Gasteiger partial charge in [-0.15, -0.1) is 0 Å². The van der Waals surface area contributed by atoms with Crippen molar-refractivity contribution in [2.75, 3.05) is 5.32 Å². The summed E-state index contributed by atoms with van der Waals surface area (Å²) in [5.41, 5.74) is 6.24. The Balaban J connectivity index is 1.59. The van der Waals surface area contributed by atoms with Gasteiger partial charge in [0, 0.05) is 18.8 Å². The molecule has 7 nitrogen and oxygen atoms in total. The van der Waals surface area contributed by atoms with Gasteiger partial charge in [0.15, 0.2) is 0 Å². The Morgan fingerprint density at radius 3 is 2.27 bits per heavy atom. The van der Waals surface area contributed by atoms with E-state index in [0.29, 0.717) is 17.0 Å². The van der Waals surface area contributed by atoms with Crippen LogP contribution >= 0.6 is 0 Å². The van der Waals surface area contributed by atoms with Crippen LogP contribution in [0, 0.1) is 13.8 Å². The molecule has 0 fully saturated rings. The van der Waals surface area contributed by atoms with Gasteiger partial charge in [0.2, 0.25) is 0 Å². The number of carbonyl (C=O) groups excluding carboxylic acids is 1. The van der Waals surface area contributed by atoms with E-state index in [9.17, 15) is 9.59 Å². The van der Waals surface area contributed by atoms with Crippen molar-refractivity contribution in [1.29, 1.82) is 0 Å². The lowest BCUT2D eigenvalue weighted by molar-refractivity contribution is 0.102. The number of nitrogens with one attached hydrogen (secondary N) is 1. The lowest BCUT2D eigenvalue weighted by atomic mass is 10.0. The van der Waals surface area contributed by atoms with Crippen molar-refractivity contribution < 1.29 is 4.79 Å². The topological polar surface area (TPSA) is 73.8 Å². The SMILES string of the molecule is CCc1ccc(-c2nn(-c3ccccc3C)cc2C(=O)Nc2c(C)n(C)n(-c3ccccc3)c2=O)cc1. The van der Waals surface area contributed by atoms with Crippen LogP contribution in [0.2, 0.25) is 0 Å². The summed E-state index contributed by atoms with van der Waals surface area (Å²) in [5, 5.41) is 7.70. The first-order chi connectivity index (χ1) is 17.9. The number of hydrogen-bond donors (Lipinski definition) is 1. The first-order valence-corrected chi connectivity index (χ1v) is 12.3. The minimum atomic E-state index is -0.389. The van der Waals surface area contributed by atoms with Gasteiger partial charge in [-0.25, -0.2) is 9.36 Å². The average molecular weight is 492 g/mol. The molecule has 7 heteroatoms. The molecule has 0 aliphatic carbocycles. The lowest BCUT2D eigenvalue weighted by Gasteiger charge is -2.07. The maximum atomic E-state index is 13.7. The molecule has 5 rings (SSSR count). The smallest absolute Gasteiger partial charge is 0.295 e. The maximum absolute atomic E-state index is 13.7. The van der Waals surface area contributed by atoms with Crippen molar-refractivity contribution in [2.24, 2.45) is 7.05 Å². The molecule has 2 heterocycles. The van der Waals surface area contributed by atoms with Crippen LogP contribution in [-0.4, -0.2) is 25.1 Å². The van der Waals surface area contributed by atoms with Crippen LogP contribution < -0.4 is 10.9 Å². The standard InChI is InChI=1S/C30H29N5O2/c1-5-22-15-17-23(18-16-22)28-25(19-34(32-28)26-14-10-9-11-20(26)2)29(36)31-27-21(3)33(4)35(30(27)37)24-12-7-6-8-13-24/h6-19H,5H2,1-4H3,(H,31,36). The average Bonchev–Trinajstić information content (AvgIpc) is 3.45. The summed E-state index contributed by atoms with van der Waals surface area (Å²) in [7, 11) is 1.80. The number of para-hydroxylation sites is 2. The second-order valence-corrected chi connectivity index (χ2v) is 9.06. The fourth-order valence-electron chi connectivity index (χ4n) is 4.49. The van der Waals surface area contributed by atoms with Crippen molar-refractivity contribution >= 4 is 11.6 Å². The van der Waals surface area contributed by atoms with Crippen LogP contribution in [0.5, 0.6) is 0 Å². The third-order valence-electron chi connectivity index (χ3n) is 6.75. The largest absolute Gasteiger partial charge is 0.316 e. The summed E-state index contributed by atoms with van der Waals surface area (Å²) in [6, 6.07) is 25.3. The minimum Gasteiger partial charge on any atom is -0.316 e. The zero-order chi connectivity index (χ0) is 26.1. The molecule has 0 aliphatic heterocycles. The Kier molecular flexibility index (Phi) is 6.36. The lowest BCUT2D eigenvalue weighted by Crippen LogP contribution is -2.23. The molecule has 1 N–H and O–H groups in total. The number of aromatic nitrogens is 4. The maximum Gasteiger partial charge on any atom is 0.295 e. The zero-order valence-electron chi connectivity index (χ0n) is 21.4. The Bertz CT molecular complexity index is 1640. The van der Waals surface area contributed by atoms with Gasteiger partial charge < -0.3 is 5.32 Å². The highest BCUT2D eigenvalue weighted by atomic mass is 16.2. The number of nitrogens with zero attached hydrogens (tertiary/aromatic N) is 4. The molecular formula is C30H29N5O2. The van der Waals surface area contributed by atoms with Gasteiger partial charge in [0.1, 0.15) is 11.4 Å². The summed E-state index contributed by atoms with van der Waals surface area (Å²) in [6.45, 7) is 5.93. The molecular weight excluding hydrogens is 462 g/mol. The second-order valence-electron chi connectivity index (χ2n) is 9.06. The highest BCUT2D eigenvalue weighted by molar-refractivity contribution is 6.08. The molecule has 0 saturated carbocycles. The van der Waals surface area contributed by atoms with Crippen molar-refractivity contribution in [3.63, 3.8) is 0 Å². The predicted octanol–water partition coefficient (Wildman–Crippen LogP) is 5.46. The molecule has 0 bridgehead atoms. The van der Waals surface area contributed by atoms with Gasteiger partial charge in [0.05, 0.1) is 22.6 Å². The van der Waals surface area contributed by atoms with E-state index in [2.05, 4.69) is 12.2 Å². The van der Waals surface area contributed by atoms with Crippen molar-refractivity contribution in [2.45, 2.75) is 27.2 Å². The Hall–Kier alpha value is -4.65. The normalized spacial score (nSPS) is 11.0. The van der Waals surface area contributed by atoms with Crippen LogP contribution in [-0.2, 0) is 13.5 Å². The number of anilines is 1. The Morgan fingerprint density at radius 1 is 0.919 bits per heavy atom. The molecule has 0 aliphatic rings. The molecule has 186 valence electrons. The molecule has 2 aromatic heterocycles. The molecule has 5 aromatic rings. The summed E-state index contributed by atoms with van der Waals surface area (Å²) in [6.07, 6.45) is 2.65. The van der Waals surface area contributed by atoms with E-state index in [-0.39, 0.29) is 17.2 Å². The van der Waals surface area contributed by atoms with E-state index in [1.807, 2.05) is 92.7 Å². The van der Waals surface area contributed by atoms with Crippen LogP contribution in [0.3, 0.4) is 0 Å². The molecule has 0 radical (unpaired) electrons. The van der Waals surface area contributed by atoms with Crippen molar-refractivity contribution in [3.05, 3.63) is 118 Å². The van der Waals surface area contributed by atoms with Gasteiger partial charge in [-0.05, 0) is 49.6 Å². The van der Waals surface area contributed by atoms with Gasteiger partial charge in [-0.2, -0.15) is 5.10 Å². The first-order valence-electron chi connectivity index (χ1n) is 12.3. The van der Waals surface area contributed by atoms with E-state index in [0.717, 1.165) is 28.9 Å². The molecule has 0 unspecified atom stereocenters. The van der Waals surface area contributed by atoms with Gasteiger partial charge >= 0.3 is 0 Å². The molecule has 0 spiro atoms. The predicted molar refractivity (Wildman–Crippen MR) is 147 cm³/mol. The van der Waals surface area contributed by atoms with Crippen molar-refractivity contribution in [3.8, 4) is 22.6 Å². The van der Waals surface area contributed by atoms with E-state index in [1.165, 1.54) is 5.56 Å². The summed E-state index contributed by atoms with van der Waals surface area (Å²) in [4.78, 5) is 27.1. The number of aryl methyl sites for hydroxylation is 2. The molecule has 37 heavy (non-hydrogen) atoms. The third-order valence-corrected chi connectivity index (χ3v) is 6.75. The first kappa shape index (κ1) is 24.1. The highest BCUT2D eigenvalue weighted by Crippen LogP contribution is 2.26. The summed E-state index contributed by atoms with van der Waals surface area (Å²) < 4.78 is 5.02. The summed E-state index contributed by atoms with van der Waals surface area (Å²) >= 11 is 0. The molecule has 3 aromatic carbocycles. The molecule has 0 saturated heterocycles.